The number of nitrogens with zero attached hydrogens (tertiary/aromatic N) is 1. The Hall–Kier alpha value is -2.10. The molecule has 106 valence electrons. The molecule has 20 heavy (non-hydrogen) atoms. The summed E-state index contributed by atoms with van der Waals surface area (Å²) in [5.74, 6) is 1.65. The van der Waals surface area contributed by atoms with Gasteiger partial charge < -0.3 is 9.72 Å². The zero-order valence-electron chi connectivity index (χ0n) is 12.4. The predicted molar refractivity (Wildman–Crippen MR) is 79.5 cm³/mol. The van der Waals surface area contributed by atoms with Gasteiger partial charge in [-0.2, -0.15) is 0 Å². The molecule has 0 bridgehead atoms. The fraction of sp³-hybridized carbons (Fsp3) is 0.375. The van der Waals surface area contributed by atoms with Crippen molar-refractivity contribution >= 4 is 0 Å². The number of hydrogen-bond donors (Lipinski definition) is 1. The molecule has 0 atom stereocenters. The molecule has 2 aromatic rings. The summed E-state index contributed by atoms with van der Waals surface area (Å²) in [6, 6.07) is 7.75. The summed E-state index contributed by atoms with van der Waals surface area (Å²) in [5, 5.41) is 0. The van der Waals surface area contributed by atoms with Gasteiger partial charge in [0.15, 0.2) is 0 Å². The van der Waals surface area contributed by atoms with E-state index in [0.717, 1.165) is 22.6 Å². The number of ether oxygens (including phenoxy) is 1. The normalized spacial score (nSPS) is 10.8. The van der Waals surface area contributed by atoms with E-state index in [1.54, 1.807) is 7.11 Å². The second-order valence-corrected chi connectivity index (χ2v) is 5.16. The number of H-pyrrole nitrogens is 1. The molecule has 0 radical (unpaired) electrons. The molecule has 0 aliphatic rings. The lowest BCUT2D eigenvalue weighted by Gasteiger charge is -2.11. The van der Waals surface area contributed by atoms with Gasteiger partial charge in [0.05, 0.1) is 7.11 Å². The first kappa shape index (κ1) is 14.3. The predicted octanol–water partition coefficient (Wildman–Crippen LogP) is 2.80. The summed E-state index contributed by atoms with van der Waals surface area (Å²) >= 11 is 0. The molecule has 0 fully saturated rings. The number of methoxy groups -OCH3 is 1. The third-order valence-corrected chi connectivity index (χ3v) is 3.32. The van der Waals surface area contributed by atoms with Crippen molar-refractivity contribution in [2.75, 3.05) is 7.11 Å². The molecule has 1 aromatic heterocycles. The number of aromatic nitrogens is 2. The van der Waals surface area contributed by atoms with E-state index in [-0.39, 0.29) is 11.5 Å². The molecular weight excluding hydrogens is 252 g/mol. The summed E-state index contributed by atoms with van der Waals surface area (Å²) < 4.78 is 5.32. The average Bonchev–Trinajstić information content (AvgIpc) is 2.38. The summed E-state index contributed by atoms with van der Waals surface area (Å²) in [7, 11) is 1.64. The summed E-state index contributed by atoms with van der Waals surface area (Å²) in [6.07, 6.45) is 0.554. The molecule has 0 aliphatic heterocycles. The van der Waals surface area contributed by atoms with Gasteiger partial charge >= 0.3 is 0 Å². The van der Waals surface area contributed by atoms with E-state index in [2.05, 4.69) is 9.97 Å². The Labute approximate surface area is 118 Å². The topological polar surface area (TPSA) is 55.0 Å². The number of nitrogens with one attached hydrogen (secondary N) is 1. The Kier molecular flexibility index (Phi) is 4.23. The fourth-order valence-corrected chi connectivity index (χ4v) is 2.45. The van der Waals surface area contributed by atoms with Crippen LogP contribution in [0.25, 0.3) is 0 Å². The Morgan fingerprint density at radius 2 is 2.00 bits per heavy atom. The molecule has 0 amide bonds. The van der Waals surface area contributed by atoms with Crippen LogP contribution in [0.4, 0.5) is 0 Å². The van der Waals surface area contributed by atoms with Crippen LogP contribution in [0.5, 0.6) is 5.75 Å². The lowest BCUT2D eigenvalue weighted by atomic mass is 10.0. The van der Waals surface area contributed by atoms with Crippen molar-refractivity contribution < 1.29 is 4.74 Å². The van der Waals surface area contributed by atoms with E-state index in [4.69, 9.17) is 4.74 Å². The Balaban J connectivity index is 2.38. The molecule has 0 saturated heterocycles. The van der Waals surface area contributed by atoms with Crippen LogP contribution in [-0.4, -0.2) is 17.1 Å². The lowest BCUT2D eigenvalue weighted by molar-refractivity contribution is 0.410. The molecule has 1 N–H and O–H groups in total. The van der Waals surface area contributed by atoms with Crippen LogP contribution in [0.1, 0.15) is 42.4 Å². The first-order valence-corrected chi connectivity index (χ1v) is 6.74. The highest BCUT2D eigenvalue weighted by Crippen LogP contribution is 2.20. The van der Waals surface area contributed by atoms with E-state index < -0.39 is 0 Å². The Morgan fingerprint density at radius 3 is 2.60 bits per heavy atom. The first-order chi connectivity index (χ1) is 9.52. The van der Waals surface area contributed by atoms with Gasteiger partial charge in [-0.15, -0.1) is 0 Å². The van der Waals surface area contributed by atoms with E-state index in [0.29, 0.717) is 12.2 Å². The fourth-order valence-electron chi connectivity index (χ4n) is 2.45. The summed E-state index contributed by atoms with van der Waals surface area (Å²) in [4.78, 5) is 19.5. The number of rotatable bonds is 4. The average molecular weight is 272 g/mol. The van der Waals surface area contributed by atoms with E-state index in [1.807, 2.05) is 45.0 Å². The number of aromatic amines is 1. The maximum absolute atomic E-state index is 12.1. The van der Waals surface area contributed by atoms with E-state index in [1.165, 1.54) is 0 Å². The molecule has 4 nitrogen and oxygen atoms in total. The van der Waals surface area contributed by atoms with E-state index in [9.17, 15) is 4.79 Å². The maximum Gasteiger partial charge on any atom is 0.254 e. The van der Waals surface area contributed by atoms with Gasteiger partial charge in [0.2, 0.25) is 0 Å². The number of aryl methyl sites for hydroxylation is 1. The van der Waals surface area contributed by atoms with Crippen molar-refractivity contribution in [3.63, 3.8) is 0 Å². The molecule has 0 aliphatic carbocycles. The minimum atomic E-state index is -0.0441. The van der Waals surface area contributed by atoms with E-state index >= 15 is 0 Å². The van der Waals surface area contributed by atoms with Crippen molar-refractivity contribution in [3.8, 4) is 5.75 Å². The number of hydrogen-bond acceptors (Lipinski definition) is 3. The third-order valence-electron chi connectivity index (χ3n) is 3.32. The van der Waals surface area contributed by atoms with Gasteiger partial charge in [-0.1, -0.05) is 32.0 Å². The highest BCUT2D eigenvalue weighted by molar-refractivity contribution is 5.35. The van der Waals surface area contributed by atoms with Crippen LogP contribution in [0.15, 0.2) is 29.1 Å². The van der Waals surface area contributed by atoms with Crippen molar-refractivity contribution in [3.05, 3.63) is 57.3 Å². The molecule has 0 spiro atoms. The Bertz CT molecular complexity index is 660. The van der Waals surface area contributed by atoms with Gasteiger partial charge in [0.25, 0.3) is 5.56 Å². The van der Waals surface area contributed by atoms with Crippen LogP contribution in [-0.2, 0) is 6.42 Å². The quantitative estimate of drug-likeness (QED) is 0.931. The van der Waals surface area contributed by atoms with Crippen molar-refractivity contribution in [1.82, 2.24) is 9.97 Å². The van der Waals surface area contributed by atoms with Crippen LogP contribution in [0.2, 0.25) is 0 Å². The number of benzene rings is 1. The van der Waals surface area contributed by atoms with Crippen molar-refractivity contribution in [2.24, 2.45) is 0 Å². The van der Waals surface area contributed by atoms with Gasteiger partial charge in [-0.25, -0.2) is 4.98 Å². The zero-order valence-corrected chi connectivity index (χ0v) is 12.4. The molecule has 2 rings (SSSR count). The third kappa shape index (κ3) is 2.90. The maximum atomic E-state index is 12.1. The molecule has 1 heterocycles. The van der Waals surface area contributed by atoms with Gasteiger partial charge in [0.1, 0.15) is 11.6 Å². The van der Waals surface area contributed by atoms with Gasteiger partial charge in [-0.05, 0) is 18.9 Å². The summed E-state index contributed by atoms with van der Waals surface area (Å²) in [5.41, 5.74) is 2.52. The minimum Gasteiger partial charge on any atom is -0.496 e. The molecule has 0 unspecified atom stereocenters. The van der Waals surface area contributed by atoms with Crippen LogP contribution in [0.3, 0.4) is 0 Å². The Morgan fingerprint density at radius 1 is 1.30 bits per heavy atom. The monoisotopic (exact) mass is 272 g/mol. The SMILES string of the molecule is COc1ccccc1Cc1nc(C)c(C(C)C)c(=O)[nH]1. The molecule has 4 heteroatoms. The smallest absolute Gasteiger partial charge is 0.254 e. The van der Waals surface area contributed by atoms with Crippen LogP contribution >= 0.6 is 0 Å². The minimum absolute atomic E-state index is 0.0441. The molecular formula is C16H20N2O2. The zero-order chi connectivity index (χ0) is 14.7. The largest absolute Gasteiger partial charge is 0.496 e. The van der Waals surface area contributed by atoms with Gasteiger partial charge in [-0.3, -0.25) is 4.79 Å². The second kappa shape index (κ2) is 5.90. The van der Waals surface area contributed by atoms with Crippen molar-refractivity contribution in [1.29, 1.82) is 0 Å². The van der Waals surface area contributed by atoms with Crippen LogP contribution < -0.4 is 10.3 Å². The standard InChI is InChI=1S/C16H20N2O2/c1-10(2)15-11(3)17-14(18-16(15)19)9-12-7-5-6-8-13(12)20-4/h5-8,10H,9H2,1-4H3,(H,17,18,19). The summed E-state index contributed by atoms with van der Waals surface area (Å²) in [6.45, 7) is 5.88. The van der Waals surface area contributed by atoms with Crippen LogP contribution in [0, 0.1) is 6.92 Å². The second-order valence-electron chi connectivity index (χ2n) is 5.16. The lowest BCUT2D eigenvalue weighted by Crippen LogP contribution is -2.20. The number of para-hydroxylation sites is 1. The molecule has 1 aromatic carbocycles. The highest BCUT2D eigenvalue weighted by Gasteiger charge is 2.12. The van der Waals surface area contributed by atoms with Crippen molar-refractivity contribution in [2.45, 2.75) is 33.1 Å². The first-order valence-electron chi connectivity index (χ1n) is 6.74. The van der Waals surface area contributed by atoms with Gasteiger partial charge in [0, 0.05) is 23.2 Å². The molecule has 0 saturated carbocycles. The highest BCUT2D eigenvalue weighted by atomic mass is 16.5.